The summed E-state index contributed by atoms with van der Waals surface area (Å²) >= 11 is 0. The van der Waals surface area contributed by atoms with Gasteiger partial charge in [-0.1, -0.05) is 13.8 Å². The molecule has 11 heavy (non-hydrogen) atoms. The van der Waals surface area contributed by atoms with Crippen LogP contribution in [-0.4, -0.2) is 12.1 Å². The highest BCUT2D eigenvalue weighted by Gasteiger charge is 2.31. The maximum Gasteiger partial charge on any atom is 0.309 e. The fraction of sp³-hybridized carbons (Fsp3) is 0.889. The minimum absolute atomic E-state index is 0.00574. The number of esters is 1. The van der Waals surface area contributed by atoms with Crippen LogP contribution in [0.4, 0.5) is 0 Å². The van der Waals surface area contributed by atoms with Crippen LogP contribution in [0.1, 0.15) is 33.6 Å². The zero-order chi connectivity index (χ0) is 8.43. The van der Waals surface area contributed by atoms with Crippen LogP contribution >= 0.6 is 0 Å². The number of cyclic esters (lactones) is 1. The highest BCUT2D eigenvalue weighted by molar-refractivity contribution is 5.74. The van der Waals surface area contributed by atoms with Gasteiger partial charge in [-0.2, -0.15) is 0 Å². The van der Waals surface area contributed by atoms with E-state index in [4.69, 9.17) is 4.74 Å². The summed E-state index contributed by atoms with van der Waals surface area (Å²) in [5.41, 5.74) is 0. The van der Waals surface area contributed by atoms with Crippen molar-refractivity contribution in [3.05, 3.63) is 0 Å². The van der Waals surface area contributed by atoms with Gasteiger partial charge in [0.25, 0.3) is 0 Å². The molecule has 0 unspecified atom stereocenters. The van der Waals surface area contributed by atoms with Gasteiger partial charge in [-0.15, -0.1) is 0 Å². The number of carbonyl (C=O) groups is 1. The average molecular weight is 156 g/mol. The van der Waals surface area contributed by atoms with Crippen molar-refractivity contribution in [3.63, 3.8) is 0 Å². The van der Waals surface area contributed by atoms with E-state index in [0.29, 0.717) is 5.92 Å². The molecule has 0 amide bonds. The zero-order valence-electron chi connectivity index (χ0n) is 7.46. The third kappa shape index (κ3) is 2.21. The van der Waals surface area contributed by atoms with Crippen molar-refractivity contribution < 1.29 is 9.53 Å². The summed E-state index contributed by atoms with van der Waals surface area (Å²) in [6.07, 6.45) is 2.03. The van der Waals surface area contributed by atoms with Crippen LogP contribution in [0.25, 0.3) is 0 Å². The summed E-state index contributed by atoms with van der Waals surface area (Å²) < 4.78 is 5.04. The standard InChI is InChI=1S/C9H16O2/c1-6(2)4-8-5-7(3)11-9(8)10/h6-8H,4-5H2,1-3H3/t7-,8+/m0/s1. The van der Waals surface area contributed by atoms with Crippen molar-refractivity contribution in [1.29, 1.82) is 0 Å². The summed E-state index contributed by atoms with van der Waals surface area (Å²) in [4.78, 5) is 11.1. The van der Waals surface area contributed by atoms with Crippen LogP contribution in [0, 0.1) is 11.8 Å². The lowest BCUT2D eigenvalue weighted by atomic mass is 9.95. The highest BCUT2D eigenvalue weighted by atomic mass is 16.5. The molecular formula is C9H16O2. The maximum atomic E-state index is 11.1. The van der Waals surface area contributed by atoms with Gasteiger partial charge in [0.05, 0.1) is 12.0 Å². The predicted molar refractivity (Wildman–Crippen MR) is 43.1 cm³/mol. The fourth-order valence-electron chi connectivity index (χ4n) is 1.60. The van der Waals surface area contributed by atoms with Gasteiger partial charge < -0.3 is 4.74 Å². The van der Waals surface area contributed by atoms with Crippen molar-refractivity contribution >= 4 is 5.97 Å². The minimum Gasteiger partial charge on any atom is -0.462 e. The molecule has 0 aromatic heterocycles. The lowest BCUT2D eigenvalue weighted by molar-refractivity contribution is -0.144. The van der Waals surface area contributed by atoms with E-state index < -0.39 is 0 Å². The van der Waals surface area contributed by atoms with E-state index in [0.717, 1.165) is 12.8 Å². The molecule has 64 valence electrons. The Kier molecular flexibility index (Phi) is 2.53. The molecule has 2 heteroatoms. The van der Waals surface area contributed by atoms with Crippen LogP contribution in [-0.2, 0) is 9.53 Å². The van der Waals surface area contributed by atoms with Crippen molar-refractivity contribution in [1.82, 2.24) is 0 Å². The fourth-order valence-corrected chi connectivity index (χ4v) is 1.60. The molecule has 2 atom stereocenters. The largest absolute Gasteiger partial charge is 0.462 e. The molecule has 1 rings (SSSR count). The Morgan fingerprint density at radius 3 is 2.64 bits per heavy atom. The number of hydrogen-bond donors (Lipinski definition) is 0. The number of rotatable bonds is 2. The first-order valence-corrected chi connectivity index (χ1v) is 4.30. The Bertz CT molecular complexity index is 152. The molecule has 1 heterocycles. The normalized spacial score (nSPS) is 31.1. The summed E-state index contributed by atoms with van der Waals surface area (Å²) in [5, 5.41) is 0. The third-order valence-corrected chi connectivity index (χ3v) is 2.02. The molecule has 0 saturated carbocycles. The second kappa shape index (κ2) is 3.24. The topological polar surface area (TPSA) is 26.3 Å². The van der Waals surface area contributed by atoms with Gasteiger partial charge in [-0.3, -0.25) is 4.79 Å². The van der Waals surface area contributed by atoms with Gasteiger partial charge in [-0.25, -0.2) is 0 Å². The van der Waals surface area contributed by atoms with Gasteiger partial charge in [-0.05, 0) is 25.7 Å². The van der Waals surface area contributed by atoms with E-state index >= 15 is 0 Å². The van der Waals surface area contributed by atoms with Gasteiger partial charge in [0.15, 0.2) is 0 Å². The monoisotopic (exact) mass is 156 g/mol. The van der Waals surface area contributed by atoms with Crippen LogP contribution in [0.15, 0.2) is 0 Å². The molecule has 0 spiro atoms. The molecule has 1 aliphatic rings. The summed E-state index contributed by atoms with van der Waals surface area (Å²) in [5.74, 6) is 0.772. The lowest BCUT2D eigenvalue weighted by Gasteiger charge is -2.07. The van der Waals surface area contributed by atoms with Crippen LogP contribution in [0.3, 0.4) is 0 Å². The average Bonchev–Trinajstić information content (AvgIpc) is 2.09. The predicted octanol–water partition coefficient (Wildman–Crippen LogP) is 1.98. The van der Waals surface area contributed by atoms with Crippen molar-refractivity contribution in [2.75, 3.05) is 0 Å². The Morgan fingerprint density at radius 2 is 2.27 bits per heavy atom. The quantitative estimate of drug-likeness (QED) is 0.571. The minimum atomic E-state index is 0.00574. The molecule has 1 fully saturated rings. The Hall–Kier alpha value is -0.530. The Labute approximate surface area is 67.9 Å². The lowest BCUT2D eigenvalue weighted by Crippen LogP contribution is -2.09. The number of carbonyl (C=O) groups excluding carboxylic acids is 1. The highest BCUT2D eigenvalue weighted by Crippen LogP contribution is 2.26. The van der Waals surface area contributed by atoms with E-state index in [-0.39, 0.29) is 18.0 Å². The van der Waals surface area contributed by atoms with Gasteiger partial charge in [0.2, 0.25) is 0 Å². The van der Waals surface area contributed by atoms with Gasteiger partial charge in [0, 0.05) is 0 Å². The Balaban J connectivity index is 2.41. The second-order valence-electron chi connectivity index (χ2n) is 3.81. The van der Waals surface area contributed by atoms with E-state index in [1.165, 1.54) is 0 Å². The van der Waals surface area contributed by atoms with Crippen LogP contribution < -0.4 is 0 Å². The third-order valence-electron chi connectivity index (χ3n) is 2.02. The van der Waals surface area contributed by atoms with E-state index in [2.05, 4.69) is 13.8 Å². The first-order chi connectivity index (χ1) is 5.09. The molecular weight excluding hydrogens is 140 g/mol. The second-order valence-corrected chi connectivity index (χ2v) is 3.81. The summed E-state index contributed by atoms with van der Waals surface area (Å²) in [7, 11) is 0. The summed E-state index contributed by atoms with van der Waals surface area (Å²) in [6, 6.07) is 0. The van der Waals surface area contributed by atoms with Crippen LogP contribution in [0.2, 0.25) is 0 Å². The first-order valence-electron chi connectivity index (χ1n) is 4.30. The molecule has 1 saturated heterocycles. The number of ether oxygens (including phenoxy) is 1. The van der Waals surface area contributed by atoms with E-state index in [9.17, 15) is 4.79 Å². The SMILES string of the molecule is CC(C)C[C@@H]1C[C@H](C)OC1=O. The molecule has 0 aliphatic carbocycles. The van der Waals surface area contributed by atoms with Crippen molar-refractivity contribution in [2.24, 2.45) is 11.8 Å². The number of hydrogen-bond acceptors (Lipinski definition) is 2. The van der Waals surface area contributed by atoms with Crippen molar-refractivity contribution in [2.45, 2.75) is 39.7 Å². The van der Waals surface area contributed by atoms with Crippen LogP contribution in [0.5, 0.6) is 0 Å². The summed E-state index contributed by atoms with van der Waals surface area (Å²) in [6.45, 7) is 6.23. The van der Waals surface area contributed by atoms with Gasteiger partial charge >= 0.3 is 5.97 Å². The zero-order valence-corrected chi connectivity index (χ0v) is 7.46. The molecule has 1 aliphatic heterocycles. The molecule has 0 aromatic rings. The Morgan fingerprint density at radius 1 is 1.64 bits per heavy atom. The first kappa shape index (κ1) is 8.57. The molecule has 0 N–H and O–H groups in total. The smallest absolute Gasteiger partial charge is 0.309 e. The van der Waals surface area contributed by atoms with E-state index in [1.807, 2.05) is 6.92 Å². The van der Waals surface area contributed by atoms with Crippen molar-refractivity contribution in [3.8, 4) is 0 Å². The molecule has 0 bridgehead atoms. The molecule has 0 aromatic carbocycles. The van der Waals surface area contributed by atoms with Gasteiger partial charge in [0.1, 0.15) is 0 Å². The molecule has 0 radical (unpaired) electrons. The molecule has 2 nitrogen and oxygen atoms in total. The maximum absolute atomic E-state index is 11.1. The van der Waals surface area contributed by atoms with E-state index in [1.54, 1.807) is 0 Å².